The molecule has 1 heterocycles. The SMILES string of the molecule is CC1CN(S(=O)(=O)C2CC2)CC1N. The molecule has 5 heteroatoms. The Morgan fingerprint density at radius 3 is 2.31 bits per heavy atom. The maximum Gasteiger partial charge on any atom is 0.217 e. The third-order valence-corrected chi connectivity index (χ3v) is 5.27. The summed E-state index contributed by atoms with van der Waals surface area (Å²) in [4.78, 5) is 0. The molecule has 2 atom stereocenters. The molecule has 2 unspecified atom stereocenters. The predicted molar refractivity (Wildman–Crippen MR) is 50.7 cm³/mol. The lowest BCUT2D eigenvalue weighted by atomic mass is 10.1. The van der Waals surface area contributed by atoms with Crippen LogP contribution in [0.4, 0.5) is 0 Å². The van der Waals surface area contributed by atoms with E-state index < -0.39 is 10.0 Å². The van der Waals surface area contributed by atoms with Gasteiger partial charge in [0, 0.05) is 19.1 Å². The van der Waals surface area contributed by atoms with E-state index in [1.807, 2.05) is 6.92 Å². The maximum absolute atomic E-state index is 11.8. The van der Waals surface area contributed by atoms with E-state index >= 15 is 0 Å². The van der Waals surface area contributed by atoms with Crippen LogP contribution in [0.25, 0.3) is 0 Å². The van der Waals surface area contributed by atoms with Gasteiger partial charge in [-0.1, -0.05) is 6.92 Å². The summed E-state index contributed by atoms with van der Waals surface area (Å²) in [5.41, 5.74) is 5.78. The minimum Gasteiger partial charge on any atom is -0.326 e. The molecule has 0 radical (unpaired) electrons. The monoisotopic (exact) mass is 204 g/mol. The van der Waals surface area contributed by atoms with Crippen LogP contribution in [-0.4, -0.2) is 37.1 Å². The zero-order valence-electron chi connectivity index (χ0n) is 7.81. The molecule has 2 aliphatic rings. The zero-order valence-corrected chi connectivity index (χ0v) is 8.63. The van der Waals surface area contributed by atoms with Crippen molar-refractivity contribution in [1.82, 2.24) is 4.31 Å². The van der Waals surface area contributed by atoms with Crippen molar-refractivity contribution in [3.05, 3.63) is 0 Å². The van der Waals surface area contributed by atoms with Crippen LogP contribution in [0.1, 0.15) is 19.8 Å². The Morgan fingerprint density at radius 2 is 1.92 bits per heavy atom. The highest BCUT2D eigenvalue weighted by Gasteiger charge is 2.43. The van der Waals surface area contributed by atoms with Gasteiger partial charge in [-0.3, -0.25) is 0 Å². The molecule has 4 nitrogen and oxygen atoms in total. The van der Waals surface area contributed by atoms with E-state index in [0.29, 0.717) is 19.0 Å². The van der Waals surface area contributed by atoms with Crippen molar-refractivity contribution in [3.8, 4) is 0 Å². The van der Waals surface area contributed by atoms with Crippen molar-refractivity contribution in [3.63, 3.8) is 0 Å². The van der Waals surface area contributed by atoms with E-state index in [-0.39, 0.29) is 11.3 Å². The highest BCUT2D eigenvalue weighted by Crippen LogP contribution is 2.33. The number of sulfonamides is 1. The fourth-order valence-electron chi connectivity index (χ4n) is 1.73. The van der Waals surface area contributed by atoms with Crippen LogP contribution in [0.3, 0.4) is 0 Å². The summed E-state index contributed by atoms with van der Waals surface area (Å²) < 4.78 is 25.1. The van der Waals surface area contributed by atoms with E-state index in [1.165, 1.54) is 0 Å². The summed E-state index contributed by atoms with van der Waals surface area (Å²) in [5.74, 6) is 0.300. The van der Waals surface area contributed by atoms with Crippen molar-refractivity contribution in [1.29, 1.82) is 0 Å². The third-order valence-electron chi connectivity index (χ3n) is 2.94. The van der Waals surface area contributed by atoms with Crippen molar-refractivity contribution >= 4 is 10.0 Å². The molecule has 0 bridgehead atoms. The molecular weight excluding hydrogens is 188 g/mol. The molecule has 0 aromatic carbocycles. The van der Waals surface area contributed by atoms with Gasteiger partial charge in [-0.2, -0.15) is 4.31 Å². The van der Waals surface area contributed by atoms with Gasteiger partial charge in [-0.25, -0.2) is 8.42 Å². The lowest BCUT2D eigenvalue weighted by Gasteiger charge is -2.14. The summed E-state index contributed by atoms with van der Waals surface area (Å²) in [7, 11) is -2.98. The van der Waals surface area contributed by atoms with Crippen molar-refractivity contribution < 1.29 is 8.42 Å². The number of nitrogens with two attached hydrogens (primary N) is 1. The molecular formula is C8H16N2O2S. The summed E-state index contributed by atoms with van der Waals surface area (Å²) in [6.07, 6.45) is 1.67. The Bertz CT molecular complexity index is 287. The molecule has 0 spiro atoms. The second kappa shape index (κ2) is 2.93. The molecule has 2 rings (SSSR count). The predicted octanol–water partition coefficient (Wildman–Crippen LogP) is -0.242. The number of rotatable bonds is 2. The van der Waals surface area contributed by atoms with E-state index in [4.69, 9.17) is 5.73 Å². The van der Waals surface area contributed by atoms with Crippen molar-refractivity contribution in [2.24, 2.45) is 11.7 Å². The highest BCUT2D eigenvalue weighted by atomic mass is 32.2. The third kappa shape index (κ3) is 1.60. The van der Waals surface area contributed by atoms with E-state index in [9.17, 15) is 8.42 Å². The van der Waals surface area contributed by atoms with E-state index in [2.05, 4.69) is 0 Å². The van der Waals surface area contributed by atoms with E-state index in [0.717, 1.165) is 12.8 Å². The normalized spacial score (nSPS) is 36.8. The Kier molecular flexibility index (Phi) is 2.13. The first-order valence-corrected chi connectivity index (χ1v) is 6.26. The molecule has 0 amide bonds. The molecule has 2 N–H and O–H groups in total. The smallest absolute Gasteiger partial charge is 0.217 e. The lowest BCUT2D eigenvalue weighted by molar-refractivity contribution is 0.463. The summed E-state index contributed by atoms with van der Waals surface area (Å²) in [5, 5.41) is -0.0926. The Morgan fingerprint density at radius 1 is 1.31 bits per heavy atom. The van der Waals surface area contributed by atoms with Gasteiger partial charge < -0.3 is 5.73 Å². The van der Waals surface area contributed by atoms with Crippen LogP contribution >= 0.6 is 0 Å². The summed E-state index contributed by atoms with van der Waals surface area (Å²) in [6, 6.07) is 0.0218. The Hall–Kier alpha value is -0.130. The standard InChI is InChI=1S/C8H16N2O2S/c1-6-4-10(5-8(6)9)13(11,12)7-2-3-7/h6-8H,2-5,9H2,1H3. The molecule has 13 heavy (non-hydrogen) atoms. The van der Waals surface area contributed by atoms with Crippen molar-refractivity contribution in [2.75, 3.05) is 13.1 Å². The average molecular weight is 204 g/mol. The molecule has 0 aromatic rings. The van der Waals surface area contributed by atoms with Crippen LogP contribution < -0.4 is 5.73 Å². The van der Waals surface area contributed by atoms with Crippen molar-refractivity contribution in [2.45, 2.75) is 31.1 Å². The molecule has 1 aliphatic carbocycles. The summed E-state index contributed by atoms with van der Waals surface area (Å²) in [6.45, 7) is 3.13. The second-order valence-corrected chi connectivity index (χ2v) is 6.42. The van der Waals surface area contributed by atoms with Crippen LogP contribution in [0, 0.1) is 5.92 Å². The minimum absolute atomic E-state index is 0.0218. The Labute approximate surface area is 79.1 Å². The second-order valence-electron chi connectivity index (χ2n) is 4.20. The first-order valence-electron chi connectivity index (χ1n) is 4.76. The van der Waals surface area contributed by atoms with Gasteiger partial charge in [-0.05, 0) is 18.8 Å². The number of hydrogen-bond donors (Lipinski definition) is 1. The summed E-state index contributed by atoms with van der Waals surface area (Å²) >= 11 is 0. The molecule has 1 saturated heterocycles. The van der Waals surface area contributed by atoms with Gasteiger partial charge in [0.25, 0.3) is 0 Å². The average Bonchev–Trinajstić information content (AvgIpc) is 2.81. The first-order chi connectivity index (χ1) is 6.01. The fraction of sp³-hybridized carbons (Fsp3) is 1.00. The van der Waals surface area contributed by atoms with Crippen LogP contribution in [-0.2, 0) is 10.0 Å². The molecule has 76 valence electrons. The molecule has 0 aromatic heterocycles. The fourth-order valence-corrected chi connectivity index (χ4v) is 3.71. The first kappa shape index (κ1) is 9.43. The number of nitrogens with zero attached hydrogens (tertiary/aromatic N) is 1. The van der Waals surface area contributed by atoms with Gasteiger partial charge >= 0.3 is 0 Å². The molecule has 2 fully saturated rings. The van der Waals surface area contributed by atoms with Gasteiger partial charge in [0.1, 0.15) is 0 Å². The zero-order chi connectivity index (χ0) is 9.64. The van der Waals surface area contributed by atoms with Crippen LogP contribution in [0.2, 0.25) is 0 Å². The van der Waals surface area contributed by atoms with Gasteiger partial charge in [0.15, 0.2) is 0 Å². The molecule has 1 aliphatic heterocycles. The quantitative estimate of drug-likeness (QED) is 0.675. The largest absolute Gasteiger partial charge is 0.326 e. The van der Waals surface area contributed by atoms with E-state index in [1.54, 1.807) is 4.31 Å². The van der Waals surface area contributed by atoms with Crippen LogP contribution in [0.15, 0.2) is 0 Å². The maximum atomic E-state index is 11.8. The van der Waals surface area contributed by atoms with Gasteiger partial charge in [-0.15, -0.1) is 0 Å². The molecule has 1 saturated carbocycles. The highest BCUT2D eigenvalue weighted by molar-refractivity contribution is 7.90. The van der Waals surface area contributed by atoms with Gasteiger partial charge in [0.05, 0.1) is 5.25 Å². The van der Waals surface area contributed by atoms with Crippen LogP contribution in [0.5, 0.6) is 0 Å². The van der Waals surface area contributed by atoms with Gasteiger partial charge in [0.2, 0.25) is 10.0 Å². The Balaban J connectivity index is 2.10. The topological polar surface area (TPSA) is 63.4 Å². The minimum atomic E-state index is -2.98. The lowest BCUT2D eigenvalue weighted by Crippen LogP contribution is -2.34. The number of hydrogen-bond acceptors (Lipinski definition) is 3.